The van der Waals surface area contributed by atoms with Crippen molar-refractivity contribution in [2.45, 2.75) is 37.1 Å². The zero-order valence-corrected chi connectivity index (χ0v) is 19.9. The van der Waals surface area contributed by atoms with Crippen LogP contribution in [0, 0.1) is 12.7 Å². The van der Waals surface area contributed by atoms with Gasteiger partial charge in [0.15, 0.2) is 0 Å². The fraction of sp³-hybridized carbons (Fsp3) is 0.269. The second kappa shape index (κ2) is 9.85. The van der Waals surface area contributed by atoms with Crippen LogP contribution in [0.15, 0.2) is 71.6 Å². The minimum atomic E-state index is -3.87. The third-order valence-electron chi connectivity index (χ3n) is 6.07. The molecule has 0 aromatic heterocycles. The van der Waals surface area contributed by atoms with E-state index in [0.29, 0.717) is 17.8 Å². The smallest absolute Gasteiger partial charge is 0.261 e. The van der Waals surface area contributed by atoms with Gasteiger partial charge in [-0.25, -0.2) is 12.8 Å². The summed E-state index contributed by atoms with van der Waals surface area (Å²) in [7, 11) is -2.24. The number of nitrogens with zero attached hydrogens (tertiary/aromatic N) is 1. The number of halogens is 1. The van der Waals surface area contributed by atoms with E-state index in [4.69, 9.17) is 4.74 Å². The molecule has 3 aromatic carbocycles. The van der Waals surface area contributed by atoms with Crippen LogP contribution in [0.4, 0.5) is 10.1 Å². The fourth-order valence-electron chi connectivity index (χ4n) is 4.23. The van der Waals surface area contributed by atoms with Gasteiger partial charge in [0, 0.05) is 23.8 Å². The Morgan fingerprint density at radius 3 is 2.59 bits per heavy atom. The van der Waals surface area contributed by atoms with Crippen molar-refractivity contribution in [3.05, 3.63) is 89.2 Å². The number of carbonyl (C=O) groups excluding carboxylic acids is 1. The molecular weight excluding hydrogens is 455 g/mol. The highest BCUT2D eigenvalue weighted by atomic mass is 32.2. The number of hydrogen-bond donors (Lipinski definition) is 1. The van der Waals surface area contributed by atoms with Gasteiger partial charge in [-0.2, -0.15) is 0 Å². The number of ether oxygens (including phenoxy) is 1. The molecule has 1 saturated heterocycles. The van der Waals surface area contributed by atoms with Crippen LogP contribution in [-0.2, 0) is 16.4 Å². The summed E-state index contributed by atoms with van der Waals surface area (Å²) in [6, 6.07) is 18.0. The van der Waals surface area contributed by atoms with Crippen molar-refractivity contribution in [1.82, 2.24) is 4.90 Å². The van der Waals surface area contributed by atoms with Crippen molar-refractivity contribution in [2.24, 2.45) is 0 Å². The third-order valence-corrected chi connectivity index (χ3v) is 7.45. The first-order valence-corrected chi connectivity index (χ1v) is 12.6. The van der Waals surface area contributed by atoms with Crippen LogP contribution in [0.25, 0.3) is 0 Å². The summed E-state index contributed by atoms with van der Waals surface area (Å²) in [5.41, 5.74) is 2.19. The molecule has 6 nitrogen and oxygen atoms in total. The summed E-state index contributed by atoms with van der Waals surface area (Å²) in [5, 5.41) is 0. The minimum absolute atomic E-state index is 0.0241. The number of carbonyl (C=O) groups is 1. The maximum absolute atomic E-state index is 13.5. The number of nitrogens with one attached hydrogen (secondary N) is 1. The van der Waals surface area contributed by atoms with Crippen LogP contribution in [0.3, 0.4) is 0 Å². The van der Waals surface area contributed by atoms with E-state index in [1.54, 1.807) is 31.4 Å². The average molecular weight is 483 g/mol. The lowest BCUT2D eigenvalue weighted by Gasteiger charge is -2.25. The van der Waals surface area contributed by atoms with E-state index in [2.05, 4.69) is 4.72 Å². The Hall–Kier alpha value is -3.39. The van der Waals surface area contributed by atoms with Crippen molar-refractivity contribution in [1.29, 1.82) is 0 Å². The van der Waals surface area contributed by atoms with Crippen LogP contribution in [-0.4, -0.2) is 38.9 Å². The maximum atomic E-state index is 13.5. The van der Waals surface area contributed by atoms with Crippen molar-refractivity contribution in [2.75, 3.05) is 18.4 Å². The quantitative estimate of drug-likeness (QED) is 0.525. The molecule has 0 saturated carbocycles. The van der Waals surface area contributed by atoms with Gasteiger partial charge in [-0.1, -0.05) is 12.1 Å². The largest absolute Gasteiger partial charge is 0.497 e. The number of benzene rings is 3. The topological polar surface area (TPSA) is 75.7 Å². The fourth-order valence-corrected chi connectivity index (χ4v) is 5.38. The molecule has 1 N–H and O–H groups in total. The molecule has 4 rings (SSSR count). The number of likely N-dealkylation sites (tertiary alicyclic amines) is 1. The van der Waals surface area contributed by atoms with E-state index in [0.717, 1.165) is 36.6 Å². The van der Waals surface area contributed by atoms with E-state index in [9.17, 15) is 17.6 Å². The number of anilines is 1. The molecule has 1 unspecified atom stereocenters. The van der Waals surface area contributed by atoms with Gasteiger partial charge < -0.3 is 9.64 Å². The molecule has 178 valence electrons. The molecule has 0 aliphatic carbocycles. The monoisotopic (exact) mass is 482 g/mol. The maximum Gasteiger partial charge on any atom is 0.261 e. The van der Waals surface area contributed by atoms with E-state index in [1.165, 1.54) is 19.1 Å². The van der Waals surface area contributed by atoms with Gasteiger partial charge in [0.25, 0.3) is 15.9 Å². The minimum Gasteiger partial charge on any atom is -0.497 e. The number of amides is 1. The number of aryl methyl sites for hydroxylation is 1. The van der Waals surface area contributed by atoms with Crippen molar-refractivity contribution in [3.8, 4) is 5.75 Å². The lowest BCUT2D eigenvalue weighted by Crippen LogP contribution is -2.36. The number of methoxy groups -OCH3 is 1. The number of hydrogen-bond acceptors (Lipinski definition) is 4. The predicted molar refractivity (Wildman–Crippen MR) is 129 cm³/mol. The summed E-state index contributed by atoms with van der Waals surface area (Å²) in [6.45, 7) is 2.19. The highest BCUT2D eigenvalue weighted by Gasteiger charge is 2.29. The van der Waals surface area contributed by atoms with Crippen molar-refractivity contribution in [3.63, 3.8) is 0 Å². The Morgan fingerprint density at radius 2 is 1.88 bits per heavy atom. The van der Waals surface area contributed by atoms with Gasteiger partial charge in [-0.3, -0.25) is 9.52 Å². The third kappa shape index (κ3) is 5.22. The summed E-state index contributed by atoms with van der Waals surface area (Å²) in [5.74, 6) is 0.254. The number of sulfonamides is 1. The van der Waals surface area contributed by atoms with Crippen molar-refractivity contribution < 1.29 is 22.3 Å². The van der Waals surface area contributed by atoms with E-state index < -0.39 is 15.8 Å². The SMILES string of the molecule is COc1cccc(CC2CCCN2C(=O)c2ccc(NS(=O)(=O)c3ccc(F)c(C)c3)cc2)c1. The lowest BCUT2D eigenvalue weighted by atomic mass is 10.0. The second-order valence-corrected chi connectivity index (χ2v) is 10.1. The average Bonchev–Trinajstić information content (AvgIpc) is 3.28. The summed E-state index contributed by atoms with van der Waals surface area (Å²) >= 11 is 0. The first kappa shape index (κ1) is 23.8. The van der Waals surface area contributed by atoms with Gasteiger partial charge in [-0.05, 0) is 91.9 Å². The van der Waals surface area contributed by atoms with Crippen LogP contribution in [0.5, 0.6) is 5.75 Å². The summed E-state index contributed by atoms with van der Waals surface area (Å²) < 4.78 is 46.5. The molecule has 0 radical (unpaired) electrons. The predicted octanol–water partition coefficient (Wildman–Crippen LogP) is 4.79. The first-order chi connectivity index (χ1) is 16.3. The standard InChI is InChI=1S/C26H27FN2O4S/c1-18-15-24(12-13-25(18)27)34(31,32)28-21-10-8-20(9-11-21)26(30)29-14-4-6-22(29)16-19-5-3-7-23(17-19)33-2/h3,5,7-13,15,17,22,28H,4,6,14,16H2,1-2H3. The zero-order valence-electron chi connectivity index (χ0n) is 19.1. The van der Waals surface area contributed by atoms with Gasteiger partial charge in [0.2, 0.25) is 0 Å². The molecule has 34 heavy (non-hydrogen) atoms. The molecule has 0 spiro atoms. The molecule has 1 aliphatic heterocycles. The van der Waals surface area contributed by atoms with Gasteiger partial charge in [0.1, 0.15) is 11.6 Å². The molecule has 1 amide bonds. The number of rotatable bonds is 7. The van der Waals surface area contributed by atoms with Crippen LogP contribution < -0.4 is 9.46 Å². The molecule has 1 fully saturated rings. The molecule has 1 heterocycles. The van der Waals surface area contributed by atoms with Crippen LogP contribution in [0.2, 0.25) is 0 Å². The first-order valence-electron chi connectivity index (χ1n) is 11.1. The van der Waals surface area contributed by atoms with Gasteiger partial charge in [-0.15, -0.1) is 0 Å². The Morgan fingerprint density at radius 1 is 1.12 bits per heavy atom. The van der Waals surface area contributed by atoms with Crippen LogP contribution >= 0.6 is 0 Å². The van der Waals surface area contributed by atoms with Crippen molar-refractivity contribution >= 4 is 21.6 Å². The Kier molecular flexibility index (Phi) is 6.88. The van der Waals surface area contributed by atoms with Gasteiger partial charge in [0.05, 0.1) is 12.0 Å². The van der Waals surface area contributed by atoms with Crippen LogP contribution in [0.1, 0.15) is 34.3 Å². The normalized spacial score (nSPS) is 15.9. The highest BCUT2D eigenvalue weighted by molar-refractivity contribution is 7.92. The molecule has 1 aliphatic rings. The lowest BCUT2D eigenvalue weighted by molar-refractivity contribution is 0.0736. The van der Waals surface area contributed by atoms with E-state index in [1.807, 2.05) is 29.2 Å². The molecule has 3 aromatic rings. The second-order valence-electron chi connectivity index (χ2n) is 8.44. The van der Waals surface area contributed by atoms with Gasteiger partial charge >= 0.3 is 0 Å². The Balaban J connectivity index is 1.45. The molecule has 8 heteroatoms. The van der Waals surface area contributed by atoms with E-state index in [-0.39, 0.29) is 22.4 Å². The summed E-state index contributed by atoms with van der Waals surface area (Å²) in [4.78, 5) is 15.0. The van der Waals surface area contributed by atoms with E-state index >= 15 is 0 Å². The Bertz CT molecular complexity index is 1290. The highest BCUT2D eigenvalue weighted by Crippen LogP contribution is 2.26. The molecular formula is C26H27FN2O4S. The molecule has 0 bridgehead atoms. The Labute approximate surface area is 199 Å². The molecule has 1 atom stereocenters. The summed E-state index contributed by atoms with van der Waals surface area (Å²) in [6.07, 6.45) is 2.62. The zero-order chi connectivity index (χ0) is 24.3.